The Bertz CT molecular complexity index is 526. The van der Waals surface area contributed by atoms with Crippen LogP contribution in [0.3, 0.4) is 0 Å². The number of H-pyrrole nitrogens is 1. The van der Waals surface area contributed by atoms with Crippen LogP contribution in [0.15, 0.2) is 33.8 Å². The molecule has 1 N–H and O–H groups in total. The molecule has 72 valence electrons. The van der Waals surface area contributed by atoms with Crippen molar-refractivity contribution in [3.05, 3.63) is 45.4 Å². The maximum atomic E-state index is 10.9. The van der Waals surface area contributed by atoms with Gasteiger partial charge < -0.3 is 9.09 Å². The van der Waals surface area contributed by atoms with Crippen molar-refractivity contribution in [2.24, 2.45) is 0 Å². The van der Waals surface area contributed by atoms with E-state index in [1.807, 2.05) is 0 Å². The topological polar surface area (TPSA) is 63.8 Å². The van der Waals surface area contributed by atoms with Crippen molar-refractivity contribution in [2.45, 2.75) is 6.54 Å². The van der Waals surface area contributed by atoms with Crippen molar-refractivity contribution in [2.75, 3.05) is 0 Å². The summed E-state index contributed by atoms with van der Waals surface area (Å²) in [6, 6.07) is 3.15. The number of nitrogens with zero attached hydrogens (tertiary/aromatic N) is 2. The van der Waals surface area contributed by atoms with E-state index in [0.29, 0.717) is 17.1 Å². The fourth-order valence-electron chi connectivity index (χ4n) is 1.06. The molecule has 0 fully saturated rings. The van der Waals surface area contributed by atoms with Gasteiger partial charge in [0, 0.05) is 18.3 Å². The number of hydrogen-bond donors (Lipinski definition) is 1. The Morgan fingerprint density at radius 2 is 2.43 bits per heavy atom. The van der Waals surface area contributed by atoms with Gasteiger partial charge in [-0.25, -0.2) is 0 Å². The predicted molar refractivity (Wildman–Crippen MR) is 51.5 cm³/mol. The molecule has 5 nitrogen and oxygen atoms in total. The first-order valence-corrected chi connectivity index (χ1v) is 4.36. The summed E-state index contributed by atoms with van der Waals surface area (Å²) >= 11 is 4.96. The first-order valence-electron chi connectivity index (χ1n) is 3.95. The summed E-state index contributed by atoms with van der Waals surface area (Å²) < 4.78 is 6.97. The lowest BCUT2D eigenvalue weighted by Crippen LogP contribution is -2.11. The molecule has 0 unspecified atom stereocenters. The van der Waals surface area contributed by atoms with Crippen LogP contribution in [0.5, 0.6) is 0 Å². The van der Waals surface area contributed by atoms with E-state index in [1.165, 1.54) is 6.07 Å². The molecule has 0 bridgehead atoms. The van der Waals surface area contributed by atoms with E-state index >= 15 is 0 Å². The predicted octanol–water partition coefficient (Wildman–Crippen LogP) is 0.942. The molecule has 0 aromatic carbocycles. The standard InChI is InChI=1S/C8H7N3O2S/c12-7-2-4-11(8(14)10-7)5-6-1-3-9-13-6/h1-4H,5H2,(H,10,12,14). The van der Waals surface area contributed by atoms with Crippen molar-refractivity contribution in [1.82, 2.24) is 14.7 Å². The lowest BCUT2D eigenvalue weighted by atomic mass is 10.4. The first kappa shape index (κ1) is 8.89. The van der Waals surface area contributed by atoms with Crippen molar-refractivity contribution in [3.63, 3.8) is 0 Å². The van der Waals surface area contributed by atoms with Crippen LogP contribution < -0.4 is 5.56 Å². The lowest BCUT2D eigenvalue weighted by molar-refractivity contribution is 0.375. The van der Waals surface area contributed by atoms with Crippen LogP contribution >= 0.6 is 12.2 Å². The van der Waals surface area contributed by atoms with Crippen molar-refractivity contribution in [3.8, 4) is 0 Å². The zero-order valence-corrected chi connectivity index (χ0v) is 7.95. The van der Waals surface area contributed by atoms with E-state index in [0.717, 1.165) is 0 Å². The molecular weight excluding hydrogens is 202 g/mol. The van der Waals surface area contributed by atoms with Gasteiger partial charge in [0.25, 0.3) is 5.56 Å². The highest BCUT2D eigenvalue weighted by atomic mass is 32.1. The number of nitrogens with one attached hydrogen (secondary N) is 1. The highest BCUT2D eigenvalue weighted by molar-refractivity contribution is 7.71. The molecule has 2 heterocycles. The van der Waals surface area contributed by atoms with Crippen LogP contribution in [-0.4, -0.2) is 14.7 Å². The third kappa shape index (κ3) is 1.80. The quantitative estimate of drug-likeness (QED) is 0.748. The van der Waals surface area contributed by atoms with Crippen molar-refractivity contribution in [1.29, 1.82) is 0 Å². The van der Waals surface area contributed by atoms with Gasteiger partial charge >= 0.3 is 0 Å². The van der Waals surface area contributed by atoms with Gasteiger partial charge in [-0.1, -0.05) is 5.16 Å². The summed E-state index contributed by atoms with van der Waals surface area (Å²) in [4.78, 5) is 13.4. The zero-order valence-electron chi connectivity index (χ0n) is 7.14. The summed E-state index contributed by atoms with van der Waals surface area (Å²) in [5.74, 6) is 0.688. The van der Waals surface area contributed by atoms with E-state index in [2.05, 4.69) is 10.1 Å². The maximum Gasteiger partial charge on any atom is 0.251 e. The van der Waals surface area contributed by atoms with E-state index in [4.69, 9.17) is 16.7 Å². The van der Waals surface area contributed by atoms with Gasteiger partial charge in [-0.15, -0.1) is 0 Å². The minimum absolute atomic E-state index is 0.205. The number of aromatic amines is 1. The lowest BCUT2D eigenvalue weighted by Gasteiger charge is -2.01. The highest BCUT2D eigenvalue weighted by Crippen LogP contribution is 1.99. The molecule has 0 saturated carbocycles. The molecule has 0 atom stereocenters. The summed E-state index contributed by atoms with van der Waals surface area (Å²) in [7, 11) is 0. The molecule has 0 spiro atoms. The number of hydrogen-bond acceptors (Lipinski definition) is 4. The SMILES string of the molecule is O=c1ccn(Cc2ccno2)c(=S)[nH]1. The van der Waals surface area contributed by atoms with Crippen LogP contribution in [-0.2, 0) is 6.54 Å². The Morgan fingerprint density at radius 1 is 1.57 bits per heavy atom. The van der Waals surface area contributed by atoms with Gasteiger partial charge in [0.2, 0.25) is 0 Å². The van der Waals surface area contributed by atoms with E-state index in [9.17, 15) is 4.79 Å². The van der Waals surface area contributed by atoms with Crippen LogP contribution in [0, 0.1) is 4.77 Å². The maximum absolute atomic E-state index is 10.9. The average molecular weight is 209 g/mol. The fourth-order valence-corrected chi connectivity index (χ4v) is 1.29. The Balaban J connectivity index is 2.35. The third-order valence-electron chi connectivity index (χ3n) is 1.71. The minimum atomic E-state index is -0.205. The Kier molecular flexibility index (Phi) is 2.28. The van der Waals surface area contributed by atoms with E-state index in [1.54, 1.807) is 23.0 Å². The Labute approximate surface area is 84.0 Å². The van der Waals surface area contributed by atoms with Gasteiger partial charge in [0.1, 0.15) is 0 Å². The molecule has 0 aliphatic carbocycles. The van der Waals surface area contributed by atoms with Crippen LogP contribution in [0.2, 0.25) is 0 Å². The molecule has 6 heteroatoms. The summed E-state index contributed by atoms with van der Waals surface area (Å²) in [5, 5.41) is 3.57. The monoisotopic (exact) mass is 209 g/mol. The molecule has 2 aromatic heterocycles. The largest absolute Gasteiger partial charge is 0.359 e. The van der Waals surface area contributed by atoms with Gasteiger partial charge in [-0.05, 0) is 12.2 Å². The highest BCUT2D eigenvalue weighted by Gasteiger charge is 1.98. The van der Waals surface area contributed by atoms with E-state index in [-0.39, 0.29) is 5.56 Å². The number of rotatable bonds is 2. The second-order valence-corrected chi connectivity index (χ2v) is 3.10. The fraction of sp³-hybridized carbons (Fsp3) is 0.125. The average Bonchev–Trinajstić information content (AvgIpc) is 2.62. The van der Waals surface area contributed by atoms with Gasteiger partial charge in [0.05, 0.1) is 12.7 Å². The minimum Gasteiger partial charge on any atom is -0.359 e. The first-order chi connectivity index (χ1) is 6.75. The van der Waals surface area contributed by atoms with Gasteiger partial charge in [-0.3, -0.25) is 9.78 Å². The van der Waals surface area contributed by atoms with Crippen molar-refractivity contribution < 1.29 is 4.52 Å². The van der Waals surface area contributed by atoms with Crippen LogP contribution in [0.4, 0.5) is 0 Å². The van der Waals surface area contributed by atoms with Crippen molar-refractivity contribution >= 4 is 12.2 Å². The summed E-state index contributed by atoms with van der Waals surface area (Å²) in [5.41, 5.74) is -0.205. The van der Waals surface area contributed by atoms with Gasteiger partial charge in [0.15, 0.2) is 10.5 Å². The zero-order chi connectivity index (χ0) is 9.97. The summed E-state index contributed by atoms with van der Waals surface area (Å²) in [6.07, 6.45) is 3.17. The molecule has 0 amide bonds. The summed E-state index contributed by atoms with van der Waals surface area (Å²) in [6.45, 7) is 0.468. The molecule has 0 aliphatic rings. The molecule has 0 aliphatic heterocycles. The molecule has 14 heavy (non-hydrogen) atoms. The number of aromatic nitrogens is 3. The molecule has 0 radical (unpaired) electrons. The Hall–Kier alpha value is -1.69. The molecule has 0 saturated heterocycles. The van der Waals surface area contributed by atoms with Gasteiger partial charge in [-0.2, -0.15) is 0 Å². The smallest absolute Gasteiger partial charge is 0.251 e. The molecule has 2 rings (SSSR count). The second-order valence-electron chi connectivity index (χ2n) is 2.72. The van der Waals surface area contributed by atoms with Crippen LogP contribution in [0.1, 0.15) is 5.76 Å². The molecular formula is C8H7N3O2S. The molecule has 2 aromatic rings. The third-order valence-corrected chi connectivity index (χ3v) is 2.05. The van der Waals surface area contributed by atoms with Crippen LogP contribution in [0.25, 0.3) is 0 Å². The van der Waals surface area contributed by atoms with E-state index < -0.39 is 0 Å². The second kappa shape index (κ2) is 3.59. The normalized spacial score (nSPS) is 10.3. The Morgan fingerprint density at radius 3 is 3.07 bits per heavy atom.